The molecule has 0 bridgehead atoms. The summed E-state index contributed by atoms with van der Waals surface area (Å²) in [7, 11) is 0. The van der Waals surface area contributed by atoms with Crippen molar-refractivity contribution in [3.05, 3.63) is 52.2 Å². The minimum atomic E-state index is -0.0482. The predicted molar refractivity (Wildman–Crippen MR) is 77.4 cm³/mol. The van der Waals surface area contributed by atoms with Crippen LogP contribution in [-0.4, -0.2) is 5.91 Å². The molecule has 1 heterocycles. The van der Waals surface area contributed by atoms with Crippen LogP contribution in [0.25, 0.3) is 0 Å². The number of para-hydroxylation sites is 1. The number of benzene rings is 1. The van der Waals surface area contributed by atoms with Gasteiger partial charge in [-0.2, -0.15) is 11.3 Å². The van der Waals surface area contributed by atoms with Gasteiger partial charge in [0, 0.05) is 11.1 Å². The molecule has 0 unspecified atom stereocenters. The largest absolute Gasteiger partial charge is 0.322 e. The number of hydrogen-bond acceptors (Lipinski definition) is 2. The number of nitrogens with one attached hydrogen (secondary N) is 1. The standard InChI is InChI=1S/C15H17NOS/c1-15(2,3)12-6-4-5-7-13(12)16-14(17)11-8-9-18-10-11/h4-10H,1-3H3,(H,16,17). The third-order valence-corrected chi connectivity index (χ3v) is 3.45. The summed E-state index contributed by atoms with van der Waals surface area (Å²) < 4.78 is 0. The third kappa shape index (κ3) is 2.79. The zero-order valence-electron chi connectivity index (χ0n) is 10.9. The molecule has 0 aliphatic heterocycles. The van der Waals surface area contributed by atoms with Crippen molar-refractivity contribution in [2.24, 2.45) is 0 Å². The van der Waals surface area contributed by atoms with Gasteiger partial charge in [-0.1, -0.05) is 39.0 Å². The van der Waals surface area contributed by atoms with Crippen LogP contribution in [0.5, 0.6) is 0 Å². The summed E-state index contributed by atoms with van der Waals surface area (Å²) >= 11 is 1.53. The van der Waals surface area contributed by atoms with Crippen LogP contribution in [0, 0.1) is 0 Å². The molecule has 2 rings (SSSR count). The lowest BCUT2D eigenvalue weighted by Gasteiger charge is -2.22. The predicted octanol–water partition coefficient (Wildman–Crippen LogP) is 4.30. The van der Waals surface area contributed by atoms with E-state index in [4.69, 9.17) is 0 Å². The molecule has 1 N–H and O–H groups in total. The van der Waals surface area contributed by atoms with Gasteiger partial charge >= 0.3 is 0 Å². The van der Waals surface area contributed by atoms with Crippen LogP contribution < -0.4 is 5.32 Å². The molecule has 0 aliphatic carbocycles. The fourth-order valence-corrected chi connectivity index (χ4v) is 2.47. The van der Waals surface area contributed by atoms with Gasteiger partial charge in [-0.25, -0.2) is 0 Å². The van der Waals surface area contributed by atoms with Crippen molar-refractivity contribution in [2.45, 2.75) is 26.2 Å². The van der Waals surface area contributed by atoms with E-state index in [2.05, 4.69) is 32.2 Å². The monoisotopic (exact) mass is 259 g/mol. The van der Waals surface area contributed by atoms with Gasteiger partial charge in [0.1, 0.15) is 0 Å². The van der Waals surface area contributed by atoms with E-state index >= 15 is 0 Å². The second-order valence-electron chi connectivity index (χ2n) is 5.26. The van der Waals surface area contributed by atoms with Crippen molar-refractivity contribution in [2.75, 3.05) is 5.32 Å². The van der Waals surface area contributed by atoms with Gasteiger partial charge in [-0.15, -0.1) is 0 Å². The van der Waals surface area contributed by atoms with Gasteiger partial charge in [0.25, 0.3) is 5.91 Å². The molecule has 2 aromatic rings. The van der Waals surface area contributed by atoms with E-state index in [1.165, 1.54) is 11.3 Å². The van der Waals surface area contributed by atoms with Crippen molar-refractivity contribution in [1.29, 1.82) is 0 Å². The van der Waals surface area contributed by atoms with E-state index in [1.807, 2.05) is 35.0 Å². The number of carbonyl (C=O) groups is 1. The number of carbonyl (C=O) groups excluding carboxylic acids is 1. The van der Waals surface area contributed by atoms with Crippen molar-refractivity contribution in [3.63, 3.8) is 0 Å². The first-order chi connectivity index (χ1) is 8.48. The van der Waals surface area contributed by atoms with Crippen LogP contribution in [0.1, 0.15) is 36.7 Å². The number of amides is 1. The number of thiophene rings is 1. The molecule has 0 saturated heterocycles. The highest BCUT2D eigenvalue weighted by atomic mass is 32.1. The summed E-state index contributed by atoms with van der Waals surface area (Å²) in [6, 6.07) is 9.78. The molecule has 2 nitrogen and oxygen atoms in total. The van der Waals surface area contributed by atoms with Gasteiger partial charge in [0.05, 0.1) is 5.56 Å². The van der Waals surface area contributed by atoms with Crippen LogP contribution in [0.2, 0.25) is 0 Å². The molecule has 0 atom stereocenters. The Labute approximate surface area is 112 Å². The molecule has 1 aromatic heterocycles. The molecule has 18 heavy (non-hydrogen) atoms. The highest BCUT2D eigenvalue weighted by Gasteiger charge is 2.18. The molecular weight excluding hydrogens is 242 g/mol. The van der Waals surface area contributed by atoms with Gasteiger partial charge < -0.3 is 5.32 Å². The maximum atomic E-state index is 12.0. The fraction of sp³-hybridized carbons (Fsp3) is 0.267. The minimum absolute atomic E-state index is 0.0124. The average molecular weight is 259 g/mol. The van der Waals surface area contributed by atoms with E-state index in [9.17, 15) is 4.79 Å². The molecule has 0 fully saturated rings. The molecule has 0 aliphatic rings. The Morgan fingerprint density at radius 2 is 1.89 bits per heavy atom. The summed E-state index contributed by atoms with van der Waals surface area (Å²) in [4.78, 5) is 12.0. The first-order valence-corrected chi connectivity index (χ1v) is 6.86. The molecule has 3 heteroatoms. The third-order valence-electron chi connectivity index (χ3n) is 2.77. The van der Waals surface area contributed by atoms with Gasteiger partial charge in [-0.05, 0) is 28.5 Å². The normalized spacial score (nSPS) is 11.3. The highest BCUT2D eigenvalue weighted by molar-refractivity contribution is 7.08. The van der Waals surface area contributed by atoms with Gasteiger partial charge in [0.2, 0.25) is 0 Å². The maximum absolute atomic E-state index is 12.0. The quantitative estimate of drug-likeness (QED) is 0.856. The summed E-state index contributed by atoms with van der Waals surface area (Å²) in [6.45, 7) is 6.42. The Bertz CT molecular complexity index is 538. The zero-order chi connectivity index (χ0) is 13.2. The van der Waals surface area contributed by atoms with Crippen LogP contribution in [0.15, 0.2) is 41.1 Å². The van der Waals surface area contributed by atoms with Crippen LogP contribution >= 0.6 is 11.3 Å². The fourth-order valence-electron chi connectivity index (χ4n) is 1.83. The van der Waals surface area contributed by atoms with Crippen molar-refractivity contribution in [3.8, 4) is 0 Å². The van der Waals surface area contributed by atoms with E-state index in [-0.39, 0.29) is 11.3 Å². The van der Waals surface area contributed by atoms with Gasteiger partial charge in [-0.3, -0.25) is 4.79 Å². The lowest BCUT2D eigenvalue weighted by molar-refractivity contribution is 0.102. The van der Waals surface area contributed by atoms with Crippen LogP contribution in [-0.2, 0) is 5.41 Å². The van der Waals surface area contributed by atoms with E-state index < -0.39 is 0 Å². The zero-order valence-corrected chi connectivity index (χ0v) is 11.7. The molecule has 0 radical (unpaired) electrons. The number of anilines is 1. The molecular formula is C15H17NOS. The SMILES string of the molecule is CC(C)(C)c1ccccc1NC(=O)c1ccsc1. The Morgan fingerprint density at radius 3 is 2.50 bits per heavy atom. The van der Waals surface area contributed by atoms with Crippen LogP contribution in [0.4, 0.5) is 5.69 Å². The van der Waals surface area contributed by atoms with E-state index in [0.717, 1.165) is 11.3 Å². The van der Waals surface area contributed by atoms with Gasteiger partial charge in [0.15, 0.2) is 0 Å². The van der Waals surface area contributed by atoms with E-state index in [1.54, 1.807) is 0 Å². The first-order valence-electron chi connectivity index (χ1n) is 5.91. The Balaban J connectivity index is 2.27. The molecule has 1 amide bonds. The second-order valence-corrected chi connectivity index (χ2v) is 6.04. The minimum Gasteiger partial charge on any atom is -0.322 e. The molecule has 94 valence electrons. The Kier molecular flexibility index (Phi) is 3.53. The smallest absolute Gasteiger partial charge is 0.256 e. The Morgan fingerprint density at radius 1 is 1.17 bits per heavy atom. The summed E-state index contributed by atoms with van der Waals surface area (Å²) in [6.07, 6.45) is 0. The summed E-state index contributed by atoms with van der Waals surface area (Å²) in [5.74, 6) is -0.0482. The van der Waals surface area contributed by atoms with E-state index in [0.29, 0.717) is 5.56 Å². The lowest BCUT2D eigenvalue weighted by atomic mass is 9.86. The second kappa shape index (κ2) is 4.94. The average Bonchev–Trinajstić information content (AvgIpc) is 2.81. The first kappa shape index (κ1) is 12.8. The number of hydrogen-bond donors (Lipinski definition) is 1. The molecule has 1 aromatic carbocycles. The number of rotatable bonds is 2. The van der Waals surface area contributed by atoms with Crippen molar-refractivity contribution in [1.82, 2.24) is 0 Å². The van der Waals surface area contributed by atoms with Crippen molar-refractivity contribution >= 4 is 22.9 Å². The lowest BCUT2D eigenvalue weighted by Crippen LogP contribution is -2.18. The highest BCUT2D eigenvalue weighted by Crippen LogP contribution is 2.29. The molecule has 0 saturated carbocycles. The molecule has 0 spiro atoms. The van der Waals surface area contributed by atoms with Crippen molar-refractivity contribution < 1.29 is 4.79 Å². The topological polar surface area (TPSA) is 29.1 Å². The van der Waals surface area contributed by atoms with Crippen LogP contribution in [0.3, 0.4) is 0 Å². The Hall–Kier alpha value is -1.61. The maximum Gasteiger partial charge on any atom is 0.256 e. The summed E-state index contributed by atoms with van der Waals surface area (Å²) in [5.41, 5.74) is 2.76. The summed E-state index contributed by atoms with van der Waals surface area (Å²) in [5, 5.41) is 6.75.